The number of carbonyl (C=O) groups is 1. The van der Waals surface area contributed by atoms with Crippen molar-refractivity contribution in [3.63, 3.8) is 0 Å². The van der Waals surface area contributed by atoms with Gasteiger partial charge in [-0.1, -0.05) is 13.3 Å². The quantitative estimate of drug-likeness (QED) is 0.536. The molecule has 2 fully saturated rings. The molecule has 0 aliphatic carbocycles. The number of piperidine rings is 2. The predicted octanol–water partition coefficient (Wildman–Crippen LogP) is 4.81. The van der Waals surface area contributed by atoms with Crippen molar-refractivity contribution in [2.45, 2.75) is 77.9 Å². The fourth-order valence-corrected chi connectivity index (χ4v) is 5.44. The molecule has 1 atom stereocenters. The van der Waals surface area contributed by atoms with Gasteiger partial charge in [0.2, 0.25) is 5.71 Å². The SMILES string of the molecule is CCC1CCCCN1Cc1ccc(CNC(=O)c2c(C)oc3ncnc(N4CCCCC4)c23)o1. The second-order valence-electron chi connectivity index (χ2n) is 9.54. The average molecular weight is 466 g/mol. The summed E-state index contributed by atoms with van der Waals surface area (Å²) in [4.78, 5) is 26.8. The lowest BCUT2D eigenvalue weighted by atomic mass is 10.00. The van der Waals surface area contributed by atoms with E-state index < -0.39 is 0 Å². The molecule has 8 heteroatoms. The molecule has 2 aliphatic heterocycles. The molecule has 2 aliphatic rings. The van der Waals surface area contributed by atoms with Crippen molar-refractivity contribution in [1.82, 2.24) is 20.2 Å². The van der Waals surface area contributed by atoms with E-state index in [1.165, 1.54) is 38.4 Å². The maximum Gasteiger partial charge on any atom is 0.256 e. The molecule has 5 heterocycles. The van der Waals surface area contributed by atoms with Crippen LogP contribution in [0.2, 0.25) is 0 Å². The fraction of sp³-hybridized carbons (Fsp3) is 0.577. The number of anilines is 1. The van der Waals surface area contributed by atoms with Crippen molar-refractivity contribution < 1.29 is 13.6 Å². The van der Waals surface area contributed by atoms with Crippen LogP contribution in [-0.2, 0) is 13.1 Å². The smallest absolute Gasteiger partial charge is 0.256 e. The van der Waals surface area contributed by atoms with Gasteiger partial charge in [-0.15, -0.1) is 0 Å². The number of nitrogens with one attached hydrogen (secondary N) is 1. The molecular weight excluding hydrogens is 430 g/mol. The zero-order chi connectivity index (χ0) is 23.5. The Kier molecular flexibility index (Phi) is 6.85. The number of aryl methyl sites for hydroxylation is 1. The molecule has 0 saturated carbocycles. The molecule has 1 N–H and O–H groups in total. The predicted molar refractivity (Wildman–Crippen MR) is 131 cm³/mol. The van der Waals surface area contributed by atoms with Gasteiger partial charge in [0, 0.05) is 19.1 Å². The number of nitrogens with zero attached hydrogens (tertiary/aromatic N) is 4. The number of rotatable bonds is 7. The first-order chi connectivity index (χ1) is 16.6. The van der Waals surface area contributed by atoms with Crippen LogP contribution < -0.4 is 10.2 Å². The van der Waals surface area contributed by atoms with E-state index in [0.717, 1.165) is 56.4 Å². The van der Waals surface area contributed by atoms with Crippen molar-refractivity contribution in [3.05, 3.63) is 41.3 Å². The summed E-state index contributed by atoms with van der Waals surface area (Å²) in [5, 5.41) is 3.72. The molecule has 0 radical (unpaired) electrons. The van der Waals surface area contributed by atoms with Crippen LogP contribution in [0.1, 0.15) is 79.5 Å². The van der Waals surface area contributed by atoms with Crippen LogP contribution in [0.15, 0.2) is 27.3 Å². The van der Waals surface area contributed by atoms with Gasteiger partial charge in [0.25, 0.3) is 5.91 Å². The van der Waals surface area contributed by atoms with E-state index in [1.807, 2.05) is 19.1 Å². The number of hydrogen-bond donors (Lipinski definition) is 1. The Morgan fingerprint density at radius 1 is 1.06 bits per heavy atom. The van der Waals surface area contributed by atoms with E-state index in [0.29, 0.717) is 35.0 Å². The Bertz CT molecular complexity index is 1130. The third-order valence-corrected chi connectivity index (χ3v) is 7.25. The summed E-state index contributed by atoms with van der Waals surface area (Å²) >= 11 is 0. The summed E-state index contributed by atoms with van der Waals surface area (Å²) in [5.74, 6) is 2.87. The fourth-order valence-electron chi connectivity index (χ4n) is 5.44. The molecule has 182 valence electrons. The van der Waals surface area contributed by atoms with Crippen molar-refractivity contribution in [2.24, 2.45) is 0 Å². The summed E-state index contributed by atoms with van der Waals surface area (Å²) in [6.45, 7) is 8.22. The Morgan fingerprint density at radius 2 is 1.85 bits per heavy atom. The van der Waals surface area contributed by atoms with E-state index in [-0.39, 0.29) is 5.91 Å². The van der Waals surface area contributed by atoms with Crippen LogP contribution in [0.5, 0.6) is 0 Å². The number of hydrogen-bond acceptors (Lipinski definition) is 7. The molecule has 1 unspecified atom stereocenters. The van der Waals surface area contributed by atoms with Gasteiger partial charge in [-0.2, -0.15) is 0 Å². The van der Waals surface area contributed by atoms with Crippen molar-refractivity contribution in [3.8, 4) is 0 Å². The van der Waals surface area contributed by atoms with Crippen LogP contribution in [0.4, 0.5) is 5.82 Å². The molecule has 3 aromatic rings. The third kappa shape index (κ3) is 4.69. The molecule has 0 bridgehead atoms. The molecule has 0 aromatic carbocycles. The Balaban J connectivity index is 1.29. The van der Waals surface area contributed by atoms with Crippen LogP contribution in [0.3, 0.4) is 0 Å². The van der Waals surface area contributed by atoms with Gasteiger partial charge in [-0.3, -0.25) is 9.69 Å². The minimum Gasteiger partial charge on any atom is -0.463 e. The summed E-state index contributed by atoms with van der Waals surface area (Å²) in [6.07, 6.45) is 10.0. The number of furan rings is 2. The largest absolute Gasteiger partial charge is 0.463 e. The van der Waals surface area contributed by atoms with Crippen LogP contribution in [0, 0.1) is 6.92 Å². The van der Waals surface area contributed by atoms with Gasteiger partial charge in [0.15, 0.2) is 0 Å². The molecule has 0 spiro atoms. The number of carbonyl (C=O) groups excluding carboxylic acids is 1. The molecule has 2 saturated heterocycles. The van der Waals surface area contributed by atoms with E-state index in [4.69, 9.17) is 8.83 Å². The van der Waals surface area contributed by atoms with E-state index >= 15 is 0 Å². The van der Waals surface area contributed by atoms with E-state index in [9.17, 15) is 4.79 Å². The van der Waals surface area contributed by atoms with Crippen LogP contribution in [0.25, 0.3) is 11.1 Å². The lowest BCUT2D eigenvalue weighted by Crippen LogP contribution is -2.38. The maximum absolute atomic E-state index is 13.3. The first-order valence-electron chi connectivity index (χ1n) is 12.7. The minimum absolute atomic E-state index is 0.190. The molecule has 5 rings (SSSR count). The molecular formula is C26H35N5O3. The van der Waals surface area contributed by atoms with Gasteiger partial charge in [0.05, 0.1) is 24.0 Å². The number of likely N-dealkylation sites (tertiary alicyclic amines) is 1. The second kappa shape index (κ2) is 10.2. The Labute approximate surface area is 200 Å². The van der Waals surface area contributed by atoms with Crippen LogP contribution >= 0.6 is 0 Å². The monoisotopic (exact) mass is 465 g/mol. The first kappa shape index (κ1) is 22.9. The minimum atomic E-state index is -0.190. The standard InChI is InChI=1S/C26H35N5O3/c1-3-19-9-5-8-14-31(19)16-21-11-10-20(34-21)15-27-25(32)22-18(2)33-26-23(22)24(28-17-29-26)30-12-6-4-7-13-30/h10-11,17,19H,3-9,12-16H2,1-2H3,(H,27,32). The maximum atomic E-state index is 13.3. The highest BCUT2D eigenvalue weighted by atomic mass is 16.3. The highest BCUT2D eigenvalue weighted by Crippen LogP contribution is 2.32. The summed E-state index contributed by atoms with van der Waals surface area (Å²) in [6, 6.07) is 4.63. The van der Waals surface area contributed by atoms with Gasteiger partial charge >= 0.3 is 0 Å². The average Bonchev–Trinajstić information content (AvgIpc) is 3.46. The van der Waals surface area contributed by atoms with Crippen molar-refractivity contribution in [2.75, 3.05) is 24.5 Å². The van der Waals surface area contributed by atoms with Gasteiger partial charge in [-0.25, -0.2) is 9.97 Å². The zero-order valence-electron chi connectivity index (χ0n) is 20.3. The highest BCUT2D eigenvalue weighted by Gasteiger charge is 2.26. The lowest BCUT2D eigenvalue weighted by molar-refractivity contribution is 0.0946. The number of fused-ring (bicyclic) bond motifs is 1. The van der Waals surface area contributed by atoms with Gasteiger partial charge < -0.3 is 19.1 Å². The van der Waals surface area contributed by atoms with Crippen molar-refractivity contribution in [1.29, 1.82) is 0 Å². The third-order valence-electron chi connectivity index (χ3n) is 7.25. The van der Waals surface area contributed by atoms with E-state index in [2.05, 4.69) is 32.0 Å². The zero-order valence-corrected chi connectivity index (χ0v) is 20.3. The van der Waals surface area contributed by atoms with E-state index in [1.54, 1.807) is 0 Å². The number of amides is 1. The van der Waals surface area contributed by atoms with Crippen molar-refractivity contribution >= 4 is 22.8 Å². The molecule has 3 aromatic heterocycles. The summed E-state index contributed by atoms with van der Waals surface area (Å²) in [5.41, 5.74) is 0.979. The first-order valence-corrected chi connectivity index (χ1v) is 12.7. The normalized spacial score (nSPS) is 19.6. The molecule has 1 amide bonds. The lowest BCUT2D eigenvalue weighted by Gasteiger charge is -2.34. The highest BCUT2D eigenvalue weighted by molar-refractivity contribution is 6.10. The van der Waals surface area contributed by atoms with Gasteiger partial charge in [0.1, 0.15) is 29.4 Å². The Hall–Kier alpha value is -2.87. The Morgan fingerprint density at radius 3 is 2.68 bits per heavy atom. The number of aromatic nitrogens is 2. The summed E-state index contributed by atoms with van der Waals surface area (Å²) in [7, 11) is 0. The van der Waals surface area contributed by atoms with Gasteiger partial charge in [-0.05, 0) is 64.1 Å². The molecule has 34 heavy (non-hydrogen) atoms. The molecule has 8 nitrogen and oxygen atoms in total. The second-order valence-corrected chi connectivity index (χ2v) is 9.54. The topological polar surface area (TPSA) is 87.6 Å². The van der Waals surface area contributed by atoms with Crippen LogP contribution in [-0.4, -0.2) is 46.5 Å². The summed E-state index contributed by atoms with van der Waals surface area (Å²) < 4.78 is 11.9.